The van der Waals surface area contributed by atoms with Crippen LogP contribution in [0.4, 0.5) is 5.69 Å². The standard InChI is InChI=1S/C25H20N4OS/c1-16-13-19(15-23-24(30)28-25(31-23)27-20-8-4-3-5-9-20)17(2)29(16)21-10-11-22-18(14-21)7-6-12-26-22/h3-15H,1-2H3,(H,27,28,30)/b23-15-. The summed E-state index contributed by atoms with van der Waals surface area (Å²) in [6, 6.07) is 22.0. The van der Waals surface area contributed by atoms with E-state index in [1.165, 1.54) is 11.8 Å². The number of aliphatic imine (C=N–C) groups is 1. The molecular weight excluding hydrogens is 404 g/mol. The van der Waals surface area contributed by atoms with Crippen LogP contribution in [0.3, 0.4) is 0 Å². The second kappa shape index (κ2) is 7.89. The lowest BCUT2D eigenvalue weighted by Gasteiger charge is -2.10. The van der Waals surface area contributed by atoms with Crippen LogP contribution in [-0.4, -0.2) is 20.6 Å². The van der Waals surface area contributed by atoms with E-state index in [-0.39, 0.29) is 5.91 Å². The van der Waals surface area contributed by atoms with E-state index in [0.717, 1.165) is 39.2 Å². The van der Waals surface area contributed by atoms with E-state index in [1.807, 2.05) is 48.5 Å². The van der Waals surface area contributed by atoms with E-state index in [2.05, 4.69) is 58.0 Å². The van der Waals surface area contributed by atoms with E-state index in [0.29, 0.717) is 10.1 Å². The number of carbonyl (C=O) groups is 1. The Balaban J connectivity index is 1.48. The maximum atomic E-state index is 12.5. The Labute approximate surface area is 184 Å². The smallest absolute Gasteiger partial charge is 0.264 e. The van der Waals surface area contributed by atoms with Crippen LogP contribution in [-0.2, 0) is 4.79 Å². The summed E-state index contributed by atoms with van der Waals surface area (Å²) in [4.78, 5) is 22.1. The highest BCUT2D eigenvalue weighted by molar-refractivity contribution is 8.18. The van der Waals surface area contributed by atoms with Gasteiger partial charge in [-0.15, -0.1) is 0 Å². The van der Waals surface area contributed by atoms with Gasteiger partial charge in [0.05, 0.1) is 16.1 Å². The molecule has 2 aromatic heterocycles. The summed E-state index contributed by atoms with van der Waals surface area (Å²) in [6.07, 6.45) is 3.74. The number of thioether (sulfide) groups is 1. The molecule has 1 aliphatic heterocycles. The van der Waals surface area contributed by atoms with Crippen LogP contribution in [0.1, 0.15) is 17.0 Å². The van der Waals surface area contributed by atoms with Crippen molar-refractivity contribution < 1.29 is 4.79 Å². The number of nitrogens with one attached hydrogen (secondary N) is 1. The number of rotatable bonds is 3. The largest absolute Gasteiger partial charge is 0.318 e. The van der Waals surface area contributed by atoms with Gasteiger partial charge in [0.1, 0.15) is 0 Å². The minimum atomic E-state index is -0.124. The fourth-order valence-corrected chi connectivity index (χ4v) is 4.61. The fourth-order valence-electron chi connectivity index (χ4n) is 3.77. The second-order valence-corrected chi connectivity index (χ2v) is 8.39. The van der Waals surface area contributed by atoms with Crippen molar-refractivity contribution >= 4 is 45.5 Å². The number of amides is 1. The monoisotopic (exact) mass is 424 g/mol. The summed E-state index contributed by atoms with van der Waals surface area (Å²) in [6.45, 7) is 4.15. The average Bonchev–Trinajstić information content (AvgIpc) is 3.26. The molecule has 5 nitrogen and oxygen atoms in total. The molecule has 1 saturated heterocycles. The normalized spacial score (nSPS) is 16.4. The molecule has 152 valence electrons. The number of benzene rings is 2. The zero-order chi connectivity index (χ0) is 21.4. The molecule has 3 heterocycles. The number of para-hydroxylation sites is 1. The van der Waals surface area contributed by atoms with Gasteiger partial charge in [-0.25, -0.2) is 4.99 Å². The van der Waals surface area contributed by atoms with Crippen molar-refractivity contribution in [3.63, 3.8) is 0 Å². The summed E-state index contributed by atoms with van der Waals surface area (Å²) in [5.74, 6) is -0.124. The van der Waals surface area contributed by atoms with E-state index >= 15 is 0 Å². The molecule has 0 radical (unpaired) electrons. The van der Waals surface area contributed by atoms with Crippen LogP contribution < -0.4 is 5.32 Å². The predicted octanol–water partition coefficient (Wildman–Crippen LogP) is 5.53. The molecule has 6 heteroatoms. The number of nitrogens with zero attached hydrogens (tertiary/aromatic N) is 3. The molecule has 0 unspecified atom stereocenters. The number of pyridine rings is 1. The van der Waals surface area contributed by atoms with Gasteiger partial charge in [-0.3, -0.25) is 9.78 Å². The van der Waals surface area contributed by atoms with Crippen LogP contribution in [0.15, 0.2) is 82.8 Å². The highest BCUT2D eigenvalue weighted by Crippen LogP contribution is 2.31. The van der Waals surface area contributed by atoms with Crippen molar-refractivity contribution in [2.75, 3.05) is 0 Å². The van der Waals surface area contributed by atoms with Gasteiger partial charge in [-0.1, -0.05) is 24.3 Å². The minimum absolute atomic E-state index is 0.124. The van der Waals surface area contributed by atoms with E-state index in [1.54, 1.807) is 6.20 Å². The van der Waals surface area contributed by atoms with Gasteiger partial charge < -0.3 is 9.88 Å². The number of fused-ring (bicyclic) bond motifs is 1. The van der Waals surface area contributed by atoms with E-state index < -0.39 is 0 Å². The zero-order valence-corrected chi connectivity index (χ0v) is 18.0. The Kier molecular flexibility index (Phi) is 4.92. The van der Waals surface area contributed by atoms with Gasteiger partial charge in [0.15, 0.2) is 5.17 Å². The number of aromatic nitrogens is 2. The fraction of sp³-hybridized carbons (Fsp3) is 0.0800. The lowest BCUT2D eigenvalue weighted by atomic mass is 10.2. The molecule has 1 amide bonds. The lowest BCUT2D eigenvalue weighted by Crippen LogP contribution is -2.19. The molecule has 0 atom stereocenters. The molecular formula is C25H20N4OS. The molecule has 1 aliphatic rings. The van der Waals surface area contributed by atoms with Gasteiger partial charge in [0.2, 0.25) is 0 Å². The first-order valence-corrected chi connectivity index (χ1v) is 10.8. The predicted molar refractivity (Wildman–Crippen MR) is 128 cm³/mol. The summed E-state index contributed by atoms with van der Waals surface area (Å²) in [5.41, 5.74) is 6.07. The number of carbonyl (C=O) groups excluding carboxylic acids is 1. The quantitative estimate of drug-likeness (QED) is 0.440. The number of hydrogen-bond donors (Lipinski definition) is 1. The van der Waals surface area contributed by atoms with Gasteiger partial charge in [-0.05, 0) is 79.7 Å². The van der Waals surface area contributed by atoms with Crippen LogP contribution in [0.2, 0.25) is 0 Å². The van der Waals surface area contributed by atoms with Crippen molar-refractivity contribution in [1.82, 2.24) is 14.9 Å². The van der Waals surface area contributed by atoms with Crippen molar-refractivity contribution in [3.05, 3.63) is 94.8 Å². The van der Waals surface area contributed by atoms with Crippen LogP contribution >= 0.6 is 11.8 Å². The summed E-state index contributed by atoms with van der Waals surface area (Å²) < 4.78 is 2.20. The molecule has 31 heavy (non-hydrogen) atoms. The Morgan fingerprint density at radius 1 is 1.03 bits per heavy atom. The van der Waals surface area contributed by atoms with Crippen molar-refractivity contribution in [3.8, 4) is 5.69 Å². The third-order valence-electron chi connectivity index (χ3n) is 5.24. The first kappa shape index (κ1) is 19.3. The Morgan fingerprint density at radius 2 is 1.87 bits per heavy atom. The highest BCUT2D eigenvalue weighted by atomic mass is 32.2. The topological polar surface area (TPSA) is 59.3 Å². The van der Waals surface area contributed by atoms with Gasteiger partial charge in [0, 0.05) is 28.7 Å². The molecule has 0 spiro atoms. The number of amidine groups is 1. The van der Waals surface area contributed by atoms with Crippen LogP contribution in [0.25, 0.3) is 22.7 Å². The van der Waals surface area contributed by atoms with Gasteiger partial charge >= 0.3 is 0 Å². The Bertz CT molecular complexity index is 1370. The Morgan fingerprint density at radius 3 is 2.71 bits per heavy atom. The molecule has 2 aromatic carbocycles. The minimum Gasteiger partial charge on any atom is -0.318 e. The van der Waals surface area contributed by atoms with Crippen molar-refractivity contribution in [1.29, 1.82) is 0 Å². The molecule has 0 saturated carbocycles. The maximum absolute atomic E-state index is 12.5. The molecule has 1 fully saturated rings. The second-order valence-electron chi connectivity index (χ2n) is 7.36. The van der Waals surface area contributed by atoms with E-state index in [9.17, 15) is 4.79 Å². The molecule has 4 aromatic rings. The molecule has 1 N–H and O–H groups in total. The summed E-state index contributed by atoms with van der Waals surface area (Å²) >= 11 is 1.36. The Hall–Kier alpha value is -3.64. The first-order valence-electron chi connectivity index (χ1n) is 9.97. The average molecular weight is 425 g/mol. The third-order valence-corrected chi connectivity index (χ3v) is 6.15. The lowest BCUT2D eigenvalue weighted by molar-refractivity contribution is -0.115. The van der Waals surface area contributed by atoms with Crippen molar-refractivity contribution in [2.45, 2.75) is 13.8 Å². The summed E-state index contributed by atoms with van der Waals surface area (Å²) in [7, 11) is 0. The summed E-state index contributed by atoms with van der Waals surface area (Å²) in [5, 5.41) is 4.55. The SMILES string of the molecule is Cc1cc(/C=C2\SC(=Nc3ccccc3)NC2=O)c(C)n1-c1ccc2ncccc2c1. The number of aryl methyl sites for hydroxylation is 1. The first-order chi connectivity index (χ1) is 15.1. The molecule has 0 aliphatic carbocycles. The maximum Gasteiger partial charge on any atom is 0.264 e. The van der Waals surface area contributed by atoms with Gasteiger partial charge in [-0.2, -0.15) is 0 Å². The van der Waals surface area contributed by atoms with Crippen LogP contribution in [0, 0.1) is 13.8 Å². The number of hydrogen-bond acceptors (Lipinski definition) is 4. The molecule has 5 rings (SSSR count). The van der Waals surface area contributed by atoms with Crippen LogP contribution in [0.5, 0.6) is 0 Å². The highest BCUT2D eigenvalue weighted by Gasteiger charge is 2.24. The third kappa shape index (κ3) is 3.78. The van der Waals surface area contributed by atoms with E-state index in [4.69, 9.17) is 0 Å². The molecule has 0 bridgehead atoms. The zero-order valence-electron chi connectivity index (χ0n) is 17.2. The van der Waals surface area contributed by atoms with Crippen molar-refractivity contribution in [2.24, 2.45) is 4.99 Å². The van der Waals surface area contributed by atoms with Gasteiger partial charge in [0.25, 0.3) is 5.91 Å².